The van der Waals surface area contributed by atoms with Crippen LogP contribution in [0.4, 0.5) is 17.1 Å². The van der Waals surface area contributed by atoms with E-state index in [9.17, 15) is 0 Å². The van der Waals surface area contributed by atoms with E-state index in [1.807, 2.05) is 11.3 Å². The molecule has 4 saturated carbocycles. The number of nitrogens with zero attached hydrogens (tertiary/aromatic N) is 1. The first-order chi connectivity index (χ1) is 30.0. The molecule has 0 aliphatic heterocycles. The summed E-state index contributed by atoms with van der Waals surface area (Å²) in [6, 6.07) is 63.2. The zero-order chi connectivity index (χ0) is 40.2. The molecule has 294 valence electrons. The molecule has 9 aromatic rings. The second-order valence-corrected chi connectivity index (χ2v) is 20.7. The number of thiophene rings is 1. The molecule has 8 aromatic carbocycles. The molecule has 15 rings (SSSR count). The molecule has 0 radical (unpaired) electrons. The fourth-order valence-corrected chi connectivity index (χ4v) is 15.6. The van der Waals surface area contributed by atoms with Gasteiger partial charge >= 0.3 is 0 Å². The Bertz CT molecular complexity index is 3280. The third-order valence-corrected chi connectivity index (χ3v) is 17.6. The maximum atomic E-state index is 2.66. The van der Waals surface area contributed by atoms with Crippen LogP contribution in [0.1, 0.15) is 68.2 Å². The lowest BCUT2D eigenvalue weighted by atomic mass is 9.43. The minimum Gasteiger partial charge on any atom is -0.310 e. The average molecular weight is 802 g/mol. The highest BCUT2D eigenvalue weighted by Gasteiger charge is 2.61. The Morgan fingerprint density at radius 1 is 0.492 bits per heavy atom. The Morgan fingerprint density at radius 2 is 1.13 bits per heavy atom. The molecule has 0 N–H and O–H groups in total. The van der Waals surface area contributed by atoms with E-state index in [-0.39, 0.29) is 10.8 Å². The summed E-state index contributed by atoms with van der Waals surface area (Å²) < 4.78 is 2.70. The maximum absolute atomic E-state index is 2.66. The minimum absolute atomic E-state index is 0.0804. The molecule has 4 fully saturated rings. The zero-order valence-electron chi connectivity index (χ0n) is 34.8. The second kappa shape index (κ2) is 12.3. The lowest BCUT2D eigenvalue weighted by Crippen LogP contribution is -2.55. The van der Waals surface area contributed by atoms with Gasteiger partial charge in [-0.25, -0.2) is 0 Å². The highest BCUT2D eigenvalue weighted by Crippen LogP contribution is 2.69. The predicted octanol–water partition coefficient (Wildman–Crippen LogP) is 16.4. The van der Waals surface area contributed by atoms with Crippen molar-refractivity contribution in [2.75, 3.05) is 4.90 Å². The molecule has 0 unspecified atom stereocenters. The molecule has 2 heteroatoms. The van der Waals surface area contributed by atoms with Gasteiger partial charge in [0.15, 0.2) is 0 Å². The molecule has 0 amide bonds. The molecular weight excluding hydrogens is 755 g/mol. The Balaban J connectivity index is 0.984. The van der Waals surface area contributed by atoms with Crippen molar-refractivity contribution in [1.82, 2.24) is 0 Å². The van der Waals surface area contributed by atoms with Crippen molar-refractivity contribution in [2.45, 2.75) is 56.8 Å². The lowest BCUT2D eigenvalue weighted by Gasteiger charge is -2.61. The summed E-state index contributed by atoms with van der Waals surface area (Å²) in [7, 11) is 0. The van der Waals surface area contributed by atoms with Crippen LogP contribution in [0.3, 0.4) is 0 Å². The molecule has 1 aromatic heterocycles. The first kappa shape index (κ1) is 34.7. The Labute approximate surface area is 362 Å². The van der Waals surface area contributed by atoms with Gasteiger partial charge in [-0.2, -0.15) is 0 Å². The molecule has 0 atom stereocenters. The molecule has 6 aliphatic rings. The first-order valence-electron chi connectivity index (χ1n) is 22.7. The monoisotopic (exact) mass is 801 g/mol. The van der Waals surface area contributed by atoms with E-state index in [0.717, 1.165) is 23.7 Å². The lowest BCUT2D eigenvalue weighted by molar-refractivity contribution is -0.0399. The maximum Gasteiger partial charge on any atom is 0.0554 e. The van der Waals surface area contributed by atoms with Crippen LogP contribution in [0.5, 0.6) is 0 Å². The van der Waals surface area contributed by atoms with E-state index in [0.29, 0.717) is 0 Å². The summed E-state index contributed by atoms with van der Waals surface area (Å²) in [5.74, 6) is 3.26. The predicted molar refractivity (Wildman–Crippen MR) is 258 cm³/mol. The summed E-state index contributed by atoms with van der Waals surface area (Å²) in [4.78, 5) is 2.61. The number of anilines is 3. The van der Waals surface area contributed by atoms with Gasteiger partial charge in [-0.15, -0.1) is 11.3 Å². The molecule has 1 heterocycles. The third kappa shape index (κ3) is 4.57. The number of hydrogen-bond donors (Lipinski definition) is 0. The van der Waals surface area contributed by atoms with Crippen molar-refractivity contribution in [3.63, 3.8) is 0 Å². The van der Waals surface area contributed by atoms with E-state index in [4.69, 9.17) is 0 Å². The summed E-state index contributed by atoms with van der Waals surface area (Å²) in [5.41, 5.74) is 18.1. The highest BCUT2D eigenvalue weighted by molar-refractivity contribution is 7.26. The van der Waals surface area contributed by atoms with E-state index in [1.165, 1.54) is 125 Å². The molecular formula is C59H47NS. The topological polar surface area (TPSA) is 3.24 Å². The largest absolute Gasteiger partial charge is 0.310 e. The van der Waals surface area contributed by atoms with Crippen molar-refractivity contribution in [3.8, 4) is 33.4 Å². The second-order valence-electron chi connectivity index (χ2n) is 19.6. The SMILES string of the molecule is CC1(C)c2ccccc2-c2cccc(-c3ccc(N(c4ccc5c(c4)C4(c6ccccc6-5)C5CC6CC(C5)CC4C6)c4cccc5sc6c7ccccc7ccc6c45)cc3)c21. The fraction of sp³-hybridized carbons (Fsp3) is 0.220. The van der Waals surface area contributed by atoms with Gasteiger partial charge in [-0.1, -0.05) is 141 Å². The smallest absolute Gasteiger partial charge is 0.0554 e. The number of benzene rings is 8. The molecule has 61 heavy (non-hydrogen) atoms. The average Bonchev–Trinajstić information content (AvgIpc) is 3.90. The van der Waals surface area contributed by atoms with Crippen molar-refractivity contribution >= 4 is 59.3 Å². The van der Waals surface area contributed by atoms with Crippen LogP contribution in [0, 0.1) is 23.7 Å². The summed E-state index contributed by atoms with van der Waals surface area (Å²) in [5, 5.41) is 5.31. The van der Waals surface area contributed by atoms with Gasteiger partial charge in [0, 0.05) is 42.4 Å². The number of fused-ring (bicyclic) bond motifs is 11. The minimum atomic E-state index is -0.0804. The van der Waals surface area contributed by atoms with Crippen LogP contribution in [0.2, 0.25) is 0 Å². The Hall–Kier alpha value is -5.96. The molecule has 4 bridgehead atoms. The standard InChI is InChI=1S/C59H47NS/c1-58(2)50-17-7-5-14-46(50)48-16-9-15-43(56(48)58)38-21-24-41(25-22-38)60(53-19-10-20-54-55(53)49-27-23-37-11-3-4-12-44(37)57(49)61-54)42-26-28-47-45-13-6-8-18-51(45)59(52(47)34-42)39-30-35-29-36(32-39)33-40(59)31-35/h3-28,34-36,39-40H,29-33H2,1-2H3. The normalized spacial score (nSPS) is 23.4. The van der Waals surface area contributed by atoms with Crippen LogP contribution < -0.4 is 4.90 Å². The molecule has 1 nitrogen and oxygen atoms in total. The van der Waals surface area contributed by atoms with Crippen LogP contribution in [0.15, 0.2) is 164 Å². The van der Waals surface area contributed by atoms with Gasteiger partial charge in [0.2, 0.25) is 0 Å². The van der Waals surface area contributed by atoms with Crippen LogP contribution in [-0.4, -0.2) is 0 Å². The van der Waals surface area contributed by atoms with Gasteiger partial charge in [-0.3, -0.25) is 0 Å². The third-order valence-electron chi connectivity index (χ3n) is 16.4. The van der Waals surface area contributed by atoms with Gasteiger partial charge in [0.05, 0.1) is 5.69 Å². The van der Waals surface area contributed by atoms with E-state index < -0.39 is 0 Å². The molecule has 6 aliphatic carbocycles. The fourth-order valence-electron chi connectivity index (χ4n) is 14.3. The quantitative estimate of drug-likeness (QED) is 0.171. The van der Waals surface area contributed by atoms with Crippen molar-refractivity contribution in [2.24, 2.45) is 23.7 Å². The zero-order valence-corrected chi connectivity index (χ0v) is 35.6. The van der Waals surface area contributed by atoms with Crippen LogP contribution >= 0.6 is 11.3 Å². The van der Waals surface area contributed by atoms with Gasteiger partial charge in [0.25, 0.3) is 0 Å². The number of hydrogen-bond acceptors (Lipinski definition) is 2. The van der Waals surface area contributed by atoms with Gasteiger partial charge in [-0.05, 0) is 159 Å². The summed E-state index contributed by atoms with van der Waals surface area (Å²) in [6.45, 7) is 4.80. The number of rotatable bonds is 4. The van der Waals surface area contributed by atoms with E-state index in [2.05, 4.69) is 183 Å². The van der Waals surface area contributed by atoms with Gasteiger partial charge in [0.1, 0.15) is 0 Å². The van der Waals surface area contributed by atoms with Crippen molar-refractivity contribution in [1.29, 1.82) is 0 Å². The highest BCUT2D eigenvalue weighted by atomic mass is 32.1. The van der Waals surface area contributed by atoms with E-state index >= 15 is 0 Å². The van der Waals surface area contributed by atoms with Crippen LogP contribution in [-0.2, 0) is 10.8 Å². The molecule has 0 saturated heterocycles. The Morgan fingerprint density at radius 3 is 1.93 bits per heavy atom. The summed E-state index contributed by atoms with van der Waals surface area (Å²) in [6.07, 6.45) is 7.00. The molecule has 1 spiro atoms. The Kier molecular flexibility index (Phi) is 7.02. The summed E-state index contributed by atoms with van der Waals surface area (Å²) >= 11 is 1.94. The van der Waals surface area contributed by atoms with Crippen molar-refractivity contribution in [3.05, 3.63) is 186 Å². The van der Waals surface area contributed by atoms with Crippen molar-refractivity contribution < 1.29 is 0 Å². The van der Waals surface area contributed by atoms with Gasteiger partial charge < -0.3 is 4.90 Å². The van der Waals surface area contributed by atoms with E-state index in [1.54, 1.807) is 11.1 Å². The first-order valence-corrected chi connectivity index (χ1v) is 23.5. The van der Waals surface area contributed by atoms with Crippen LogP contribution in [0.25, 0.3) is 64.3 Å².